The molecule has 0 unspecified atom stereocenters. The normalized spacial score (nSPS) is 10.6. The van der Waals surface area contributed by atoms with Crippen molar-refractivity contribution in [1.29, 1.82) is 0 Å². The average Bonchev–Trinajstić information content (AvgIpc) is 2.19. The van der Waals surface area contributed by atoms with Crippen LogP contribution in [0.2, 0.25) is 0 Å². The molecule has 0 spiro atoms. The summed E-state index contributed by atoms with van der Waals surface area (Å²) in [6.45, 7) is 1.82. The van der Waals surface area contributed by atoms with Gasteiger partial charge in [0.2, 0.25) is 5.95 Å². The fourth-order valence-electron chi connectivity index (χ4n) is 0.384. The molecule has 0 aliphatic carbocycles. The summed E-state index contributed by atoms with van der Waals surface area (Å²) in [6.07, 6.45) is 3.07. The third-order valence-corrected chi connectivity index (χ3v) is 0.654. The summed E-state index contributed by atoms with van der Waals surface area (Å²) in [5, 5.41) is 6.17. The van der Waals surface area contributed by atoms with Crippen molar-refractivity contribution in [3.63, 3.8) is 0 Å². The summed E-state index contributed by atoms with van der Waals surface area (Å²) in [6, 6.07) is 0. The summed E-state index contributed by atoms with van der Waals surface area (Å²) < 4.78 is 0. The van der Waals surface area contributed by atoms with Gasteiger partial charge in [-0.1, -0.05) is 0 Å². The van der Waals surface area contributed by atoms with Crippen molar-refractivity contribution < 1.29 is 0 Å². The zero-order valence-corrected chi connectivity index (χ0v) is 4.50. The van der Waals surface area contributed by atoms with Crippen molar-refractivity contribution in [2.45, 2.75) is 6.92 Å². The van der Waals surface area contributed by atoms with Crippen LogP contribution in [0.25, 0.3) is 0 Å². The van der Waals surface area contributed by atoms with Crippen LogP contribution in [0.1, 0.15) is 6.92 Å². The monoisotopic (exact) mass is 110 g/mol. The highest BCUT2D eigenvalue weighted by atomic mass is 15.2. The summed E-state index contributed by atoms with van der Waals surface area (Å²) in [7, 11) is 0. The Balaban J connectivity index is 2.77. The maximum Gasteiger partial charge on any atom is 0.244 e. The van der Waals surface area contributed by atoms with Crippen molar-refractivity contribution >= 4 is 12.2 Å². The molecular formula is C4H6N4. The Hall–Kier alpha value is -1.19. The van der Waals surface area contributed by atoms with Crippen LogP contribution in [0.5, 0.6) is 0 Å². The van der Waals surface area contributed by atoms with E-state index in [9.17, 15) is 0 Å². The van der Waals surface area contributed by atoms with Crippen molar-refractivity contribution in [3.05, 3.63) is 6.33 Å². The Morgan fingerprint density at radius 2 is 2.75 bits per heavy atom. The van der Waals surface area contributed by atoms with Gasteiger partial charge in [0.1, 0.15) is 6.33 Å². The Kier molecular flexibility index (Phi) is 1.37. The minimum atomic E-state index is 0.549. The molecule has 0 atom stereocenters. The van der Waals surface area contributed by atoms with E-state index < -0.39 is 0 Å². The lowest BCUT2D eigenvalue weighted by molar-refractivity contribution is 1.08. The molecule has 0 bridgehead atoms. The molecule has 0 aliphatic rings. The molecule has 42 valence electrons. The molecule has 0 aliphatic heterocycles. The standard InChI is InChI=1S/C4H6N4/c1-2-5-4-6-3-7-8-4/h2-3H,1H3,(H,6,7,8)/b5-2-. The highest BCUT2D eigenvalue weighted by Crippen LogP contribution is 1.94. The Morgan fingerprint density at radius 3 is 3.25 bits per heavy atom. The number of nitrogens with one attached hydrogen (secondary N) is 1. The second-order valence-corrected chi connectivity index (χ2v) is 1.20. The van der Waals surface area contributed by atoms with Gasteiger partial charge in [-0.15, -0.1) is 0 Å². The summed E-state index contributed by atoms with van der Waals surface area (Å²) in [4.78, 5) is 7.55. The summed E-state index contributed by atoms with van der Waals surface area (Å²) in [5.74, 6) is 0.549. The first-order valence-corrected chi connectivity index (χ1v) is 2.27. The second-order valence-electron chi connectivity index (χ2n) is 1.20. The SMILES string of the molecule is C/C=N\c1ncn[nH]1. The van der Waals surface area contributed by atoms with Gasteiger partial charge < -0.3 is 0 Å². The molecule has 0 saturated carbocycles. The third-order valence-electron chi connectivity index (χ3n) is 0.654. The molecular weight excluding hydrogens is 104 g/mol. The molecule has 1 rings (SSSR count). The molecule has 8 heavy (non-hydrogen) atoms. The van der Waals surface area contributed by atoms with Crippen LogP contribution in [0.3, 0.4) is 0 Å². The molecule has 0 amide bonds. The van der Waals surface area contributed by atoms with E-state index in [0.29, 0.717) is 5.95 Å². The van der Waals surface area contributed by atoms with Crippen LogP contribution in [-0.4, -0.2) is 21.4 Å². The number of nitrogens with zero attached hydrogens (tertiary/aromatic N) is 3. The van der Waals surface area contributed by atoms with Gasteiger partial charge in [-0.25, -0.2) is 10.1 Å². The summed E-state index contributed by atoms with van der Waals surface area (Å²) in [5.41, 5.74) is 0. The number of rotatable bonds is 1. The molecule has 0 saturated heterocycles. The van der Waals surface area contributed by atoms with Crippen molar-refractivity contribution in [3.8, 4) is 0 Å². The third kappa shape index (κ3) is 0.900. The Labute approximate surface area is 46.7 Å². The number of aromatic amines is 1. The van der Waals surface area contributed by atoms with E-state index in [4.69, 9.17) is 0 Å². The minimum Gasteiger partial charge on any atom is -0.244 e. The number of aromatic nitrogens is 3. The zero-order chi connectivity index (χ0) is 5.82. The van der Waals surface area contributed by atoms with Gasteiger partial charge in [-0.2, -0.15) is 10.1 Å². The van der Waals surface area contributed by atoms with Gasteiger partial charge in [0, 0.05) is 6.21 Å². The van der Waals surface area contributed by atoms with Crippen LogP contribution in [0.15, 0.2) is 11.3 Å². The van der Waals surface area contributed by atoms with Crippen LogP contribution in [0, 0.1) is 0 Å². The largest absolute Gasteiger partial charge is 0.244 e. The topological polar surface area (TPSA) is 53.9 Å². The van der Waals surface area contributed by atoms with Gasteiger partial charge in [-0.3, -0.25) is 0 Å². The van der Waals surface area contributed by atoms with E-state index in [1.165, 1.54) is 6.33 Å². The number of hydrogen-bond acceptors (Lipinski definition) is 3. The highest BCUT2D eigenvalue weighted by molar-refractivity contribution is 5.56. The van der Waals surface area contributed by atoms with Gasteiger partial charge >= 0.3 is 0 Å². The van der Waals surface area contributed by atoms with Gasteiger partial charge in [0.25, 0.3) is 0 Å². The molecule has 1 N–H and O–H groups in total. The fraction of sp³-hybridized carbons (Fsp3) is 0.250. The number of hydrogen-bond donors (Lipinski definition) is 1. The van der Waals surface area contributed by atoms with E-state index in [0.717, 1.165) is 0 Å². The van der Waals surface area contributed by atoms with E-state index in [-0.39, 0.29) is 0 Å². The molecule has 4 heteroatoms. The van der Waals surface area contributed by atoms with Crippen LogP contribution in [-0.2, 0) is 0 Å². The maximum absolute atomic E-state index is 3.81. The van der Waals surface area contributed by atoms with E-state index in [2.05, 4.69) is 20.2 Å². The Morgan fingerprint density at radius 1 is 1.88 bits per heavy atom. The van der Waals surface area contributed by atoms with Crippen LogP contribution in [0.4, 0.5) is 5.95 Å². The van der Waals surface area contributed by atoms with Crippen molar-refractivity contribution in [1.82, 2.24) is 15.2 Å². The fourth-order valence-corrected chi connectivity index (χ4v) is 0.384. The van der Waals surface area contributed by atoms with Crippen LogP contribution < -0.4 is 0 Å². The van der Waals surface area contributed by atoms with E-state index in [1.54, 1.807) is 6.21 Å². The summed E-state index contributed by atoms with van der Waals surface area (Å²) >= 11 is 0. The highest BCUT2D eigenvalue weighted by Gasteiger charge is 1.82. The number of aliphatic imine (C=N–C) groups is 1. The zero-order valence-electron chi connectivity index (χ0n) is 4.50. The van der Waals surface area contributed by atoms with Gasteiger partial charge in [0.15, 0.2) is 0 Å². The predicted octanol–water partition coefficient (Wildman–Crippen LogP) is 0.527. The first kappa shape index (κ1) is 4.96. The second kappa shape index (κ2) is 2.20. The van der Waals surface area contributed by atoms with Crippen LogP contribution >= 0.6 is 0 Å². The molecule has 1 heterocycles. The molecule has 0 aromatic carbocycles. The van der Waals surface area contributed by atoms with Crippen molar-refractivity contribution in [2.75, 3.05) is 0 Å². The maximum atomic E-state index is 3.81. The first-order chi connectivity index (χ1) is 3.93. The molecule has 1 aromatic heterocycles. The first-order valence-electron chi connectivity index (χ1n) is 2.27. The molecule has 0 radical (unpaired) electrons. The quantitative estimate of drug-likeness (QED) is 0.536. The molecule has 4 nitrogen and oxygen atoms in total. The van der Waals surface area contributed by atoms with E-state index in [1.807, 2.05) is 6.92 Å². The van der Waals surface area contributed by atoms with Gasteiger partial charge in [0.05, 0.1) is 0 Å². The Bertz CT molecular complexity index is 164. The van der Waals surface area contributed by atoms with Gasteiger partial charge in [-0.05, 0) is 6.92 Å². The molecule has 0 fully saturated rings. The average molecular weight is 110 g/mol. The molecule has 1 aromatic rings. The van der Waals surface area contributed by atoms with E-state index >= 15 is 0 Å². The predicted molar refractivity (Wildman–Crippen MR) is 30.2 cm³/mol. The lowest BCUT2D eigenvalue weighted by Gasteiger charge is -1.74. The smallest absolute Gasteiger partial charge is 0.244 e. The minimum absolute atomic E-state index is 0.549. The number of H-pyrrole nitrogens is 1. The van der Waals surface area contributed by atoms with Crippen molar-refractivity contribution in [2.24, 2.45) is 4.99 Å². The lowest BCUT2D eigenvalue weighted by Crippen LogP contribution is -1.65. The lowest BCUT2D eigenvalue weighted by atomic mass is 10.9.